The fourth-order valence-corrected chi connectivity index (χ4v) is 2.87. The molecular weight excluding hydrogens is 297 g/mol. The van der Waals surface area contributed by atoms with Crippen molar-refractivity contribution in [3.05, 3.63) is 28.2 Å². The van der Waals surface area contributed by atoms with E-state index in [0.717, 1.165) is 26.0 Å². The lowest BCUT2D eigenvalue weighted by molar-refractivity contribution is -0.107. The van der Waals surface area contributed by atoms with Crippen LogP contribution in [-0.2, 0) is 4.74 Å². The van der Waals surface area contributed by atoms with Crippen LogP contribution in [0.1, 0.15) is 26.7 Å². The normalized spacial score (nSPS) is 25.3. The van der Waals surface area contributed by atoms with Crippen LogP contribution in [0, 0.1) is 0 Å². The molecule has 1 aliphatic rings. The first kappa shape index (κ1) is 15.9. The van der Waals surface area contributed by atoms with Crippen LogP contribution >= 0.6 is 23.2 Å². The molecule has 3 nitrogen and oxygen atoms in total. The fraction of sp³-hybridized carbons (Fsp3) is 0.600. The molecule has 1 N–H and O–H groups in total. The maximum Gasteiger partial charge on any atom is 0.157 e. The molecule has 0 saturated heterocycles. The standard InChI is InChI=1S/C15H21Cl2NO2/c1-3-8-19-15-12(18-4-2)9-13(15)20-14-10(16)6-5-7-11(14)17/h5-7,12-13,15,18H,3-4,8-9H2,1-2H3. The van der Waals surface area contributed by atoms with Gasteiger partial charge in [-0.1, -0.05) is 43.1 Å². The average Bonchev–Trinajstić information content (AvgIpc) is 2.41. The van der Waals surface area contributed by atoms with E-state index in [-0.39, 0.29) is 12.2 Å². The molecule has 0 aromatic heterocycles. The highest BCUT2D eigenvalue weighted by atomic mass is 35.5. The lowest BCUT2D eigenvalue weighted by Crippen LogP contribution is -2.61. The van der Waals surface area contributed by atoms with E-state index in [9.17, 15) is 0 Å². The smallest absolute Gasteiger partial charge is 0.157 e. The van der Waals surface area contributed by atoms with Crippen LogP contribution in [0.4, 0.5) is 0 Å². The van der Waals surface area contributed by atoms with Gasteiger partial charge in [0.15, 0.2) is 5.75 Å². The van der Waals surface area contributed by atoms with Gasteiger partial charge in [-0.15, -0.1) is 0 Å². The van der Waals surface area contributed by atoms with Gasteiger partial charge in [-0.2, -0.15) is 0 Å². The quantitative estimate of drug-likeness (QED) is 0.826. The maximum atomic E-state index is 6.14. The Morgan fingerprint density at radius 1 is 1.25 bits per heavy atom. The Bertz CT molecular complexity index is 422. The number of nitrogens with one attached hydrogen (secondary N) is 1. The summed E-state index contributed by atoms with van der Waals surface area (Å²) in [5, 5.41) is 4.50. The molecule has 1 aromatic carbocycles. The van der Waals surface area contributed by atoms with E-state index in [2.05, 4.69) is 19.2 Å². The van der Waals surface area contributed by atoms with E-state index in [0.29, 0.717) is 21.8 Å². The number of ether oxygens (including phenoxy) is 2. The number of para-hydroxylation sites is 1. The van der Waals surface area contributed by atoms with Gasteiger partial charge in [-0.3, -0.25) is 0 Å². The predicted molar refractivity (Wildman–Crippen MR) is 83.0 cm³/mol. The van der Waals surface area contributed by atoms with Crippen molar-refractivity contribution in [1.82, 2.24) is 5.32 Å². The molecule has 0 amide bonds. The summed E-state index contributed by atoms with van der Waals surface area (Å²) in [5.74, 6) is 0.556. The topological polar surface area (TPSA) is 30.5 Å². The van der Waals surface area contributed by atoms with Crippen molar-refractivity contribution >= 4 is 23.2 Å². The fourth-order valence-electron chi connectivity index (χ4n) is 2.38. The summed E-state index contributed by atoms with van der Waals surface area (Å²) in [4.78, 5) is 0. The number of benzene rings is 1. The third-order valence-electron chi connectivity index (χ3n) is 3.42. The lowest BCUT2D eigenvalue weighted by Gasteiger charge is -2.44. The molecule has 0 bridgehead atoms. The molecule has 0 aliphatic heterocycles. The Morgan fingerprint density at radius 2 is 1.95 bits per heavy atom. The number of likely N-dealkylation sites (N-methyl/N-ethyl adjacent to an activating group) is 1. The minimum Gasteiger partial charge on any atom is -0.484 e. The van der Waals surface area contributed by atoms with E-state index < -0.39 is 0 Å². The zero-order valence-electron chi connectivity index (χ0n) is 11.9. The van der Waals surface area contributed by atoms with Crippen LogP contribution in [0.15, 0.2) is 18.2 Å². The Hall–Kier alpha value is -0.480. The van der Waals surface area contributed by atoms with E-state index in [1.807, 2.05) is 6.07 Å². The largest absolute Gasteiger partial charge is 0.484 e. The Kier molecular flexibility index (Phi) is 5.97. The average molecular weight is 318 g/mol. The molecule has 5 heteroatoms. The van der Waals surface area contributed by atoms with Crippen LogP contribution in [0.25, 0.3) is 0 Å². The van der Waals surface area contributed by atoms with Crippen molar-refractivity contribution in [3.8, 4) is 5.75 Å². The van der Waals surface area contributed by atoms with Gasteiger partial charge in [-0.05, 0) is 25.1 Å². The van der Waals surface area contributed by atoms with Gasteiger partial charge in [0.2, 0.25) is 0 Å². The van der Waals surface area contributed by atoms with Crippen molar-refractivity contribution in [1.29, 1.82) is 0 Å². The van der Waals surface area contributed by atoms with Crippen LogP contribution in [0.3, 0.4) is 0 Å². The van der Waals surface area contributed by atoms with Crippen molar-refractivity contribution < 1.29 is 9.47 Å². The molecule has 0 heterocycles. The van der Waals surface area contributed by atoms with Gasteiger partial charge >= 0.3 is 0 Å². The van der Waals surface area contributed by atoms with E-state index in [1.54, 1.807) is 12.1 Å². The molecule has 112 valence electrons. The molecule has 1 saturated carbocycles. The molecule has 3 unspecified atom stereocenters. The summed E-state index contributed by atoms with van der Waals surface area (Å²) in [5.41, 5.74) is 0. The predicted octanol–water partition coefficient (Wildman–Crippen LogP) is 3.92. The van der Waals surface area contributed by atoms with Gasteiger partial charge in [0.05, 0.1) is 10.0 Å². The molecule has 1 aromatic rings. The second-order valence-corrected chi connectivity index (χ2v) is 5.76. The second-order valence-electron chi connectivity index (χ2n) is 4.94. The lowest BCUT2D eigenvalue weighted by atomic mass is 9.85. The maximum absolute atomic E-state index is 6.14. The molecule has 0 radical (unpaired) electrons. The van der Waals surface area contributed by atoms with Crippen molar-refractivity contribution in [2.75, 3.05) is 13.2 Å². The van der Waals surface area contributed by atoms with E-state index in [1.165, 1.54) is 0 Å². The van der Waals surface area contributed by atoms with Crippen LogP contribution in [-0.4, -0.2) is 31.4 Å². The second kappa shape index (κ2) is 7.51. The van der Waals surface area contributed by atoms with Gasteiger partial charge in [0.25, 0.3) is 0 Å². The molecule has 2 rings (SSSR count). The summed E-state index contributed by atoms with van der Waals surface area (Å²) in [6.45, 7) is 5.86. The highest BCUT2D eigenvalue weighted by Gasteiger charge is 2.43. The SMILES string of the molecule is CCCOC1C(NCC)CC1Oc1c(Cl)cccc1Cl. The highest BCUT2D eigenvalue weighted by molar-refractivity contribution is 6.37. The minimum atomic E-state index is 0.00278. The third-order valence-corrected chi connectivity index (χ3v) is 4.01. The van der Waals surface area contributed by atoms with E-state index in [4.69, 9.17) is 32.7 Å². The minimum absolute atomic E-state index is 0.00278. The van der Waals surface area contributed by atoms with Gasteiger partial charge in [-0.25, -0.2) is 0 Å². The molecule has 3 atom stereocenters. The highest BCUT2D eigenvalue weighted by Crippen LogP contribution is 2.37. The zero-order chi connectivity index (χ0) is 14.5. The summed E-state index contributed by atoms with van der Waals surface area (Å²) < 4.78 is 11.9. The number of halogens is 2. The Balaban J connectivity index is 2.01. The van der Waals surface area contributed by atoms with E-state index >= 15 is 0 Å². The first-order valence-corrected chi connectivity index (χ1v) is 7.88. The Labute approximate surface area is 130 Å². The van der Waals surface area contributed by atoms with Crippen molar-refractivity contribution in [2.24, 2.45) is 0 Å². The molecular formula is C15H21Cl2NO2. The third kappa shape index (κ3) is 3.59. The zero-order valence-corrected chi connectivity index (χ0v) is 13.4. The van der Waals surface area contributed by atoms with Crippen molar-refractivity contribution in [3.63, 3.8) is 0 Å². The molecule has 0 spiro atoms. The van der Waals surface area contributed by atoms with Crippen LogP contribution in [0.5, 0.6) is 5.75 Å². The first-order chi connectivity index (χ1) is 9.67. The number of rotatable bonds is 7. The molecule has 1 fully saturated rings. The number of hydrogen-bond acceptors (Lipinski definition) is 3. The summed E-state index contributed by atoms with van der Waals surface area (Å²) in [6, 6.07) is 5.72. The summed E-state index contributed by atoms with van der Waals surface area (Å²) in [7, 11) is 0. The van der Waals surface area contributed by atoms with Gasteiger partial charge in [0, 0.05) is 19.1 Å². The monoisotopic (exact) mass is 317 g/mol. The van der Waals surface area contributed by atoms with Crippen LogP contribution in [0.2, 0.25) is 10.0 Å². The Morgan fingerprint density at radius 3 is 2.55 bits per heavy atom. The summed E-state index contributed by atoms with van der Waals surface area (Å²) >= 11 is 12.3. The first-order valence-electron chi connectivity index (χ1n) is 7.13. The molecule has 20 heavy (non-hydrogen) atoms. The van der Waals surface area contributed by atoms with Crippen molar-refractivity contribution in [2.45, 2.75) is 44.9 Å². The van der Waals surface area contributed by atoms with Crippen LogP contribution < -0.4 is 10.1 Å². The summed E-state index contributed by atoms with van der Waals surface area (Å²) in [6.07, 6.45) is 1.96. The van der Waals surface area contributed by atoms with Gasteiger partial charge in [0.1, 0.15) is 12.2 Å². The van der Waals surface area contributed by atoms with Gasteiger partial charge < -0.3 is 14.8 Å². The molecule has 1 aliphatic carbocycles. The number of hydrogen-bond donors (Lipinski definition) is 1.